The Bertz CT molecular complexity index is 1080. The van der Waals surface area contributed by atoms with E-state index < -0.39 is 11.7 Å². The van der Waals surface area contributed by atoms with Crippen LogP contribution in [0.4, 0.5) is 18.9 Å². The molecule has 0 aliphatic heterocycles. The van der Waals surface area contributed by atoms with E-state index in [0.29, 0.717) is 34.8 Å². The van der Waals surface area contributed by atoms with Crippen LogP contribution in [-0.2, 0) is 6.18 Å². The number of pyridine rings is 1. The van der Waals surface area contributed by atoms with E-state index in [1.807, 2.05) is 13.0 Å². The molecule has 32 heavy (non-hydrogen) atoms. The molecule has 1 heterocycles. The smallest absolute Gasteiger partial charge is 0.416 e. The number of hydrogen-bond acceptors (Lipinski definition) is 5. The second-order valence-corrected chi connectivity index (χ2v) is 7.76. The number of aryl methyl sites for hydroxylation is 1. The number of nitrogens with two attached hydrogens (primary N) is 1. The van der Waals surface area contributed by atoms with Crippen molar-refractivity contribution >= 4 is 16.6 Å². The third-order valence-corrected chi connectivity index (χ3v) is 5.39. The quantitative estimate of drug-likeness (QED) is 0.458. The lowest BCUT2D eigenvalue weighted by atomic mass is 9.94. The van der Waals surface area contributed by atoms with Crippen LogP contribution in [-0.4, -0.2) is 31.8 Å². The second kappa shape index (κ2) is 9.65. The number of alkyl halides is 3. The van der Waals surface area contributed by atoms with Crippen molar-refractivity contribution in [2.24, 2.45) is 5.73 Å². The molecule has 172 valence electrons. The average Bonchev–Trinajstić information content (AvgIpc) is 2.76. The molecule has 0 fully saturated rings. The first-order chi connectivity index (χ1) is 15.2. The SMILES string of the molecule is COc1cc(C)c2c(-c3ccc(C(F)(F)F)cc3)c(OC)cc(NC(C)CCCN)c2n1. The van der Waals surface area contributed by atoms with Gasteiger partial charge in [0.05, 0.1) is 31.0 Å². The van der Waals surface area contributed by atoms with Crippen LogP contribution in [0.2, 0.25) is 0 Å². The summed E-state index contributed by atoms with van der Waals surface area (Å²) in [5.41, 5.74) is 8.53. The predicted octanol–water partition coefficient (Wildman–Crippen LogP) is 5.79. The summed E-state index contributed by atoms with van der Waals surface area (Å²) in [6.07, 6.45) is -2.64. The molecule has 0 saturated heterocycles. The monoisotopic (exact) mass is 447 g/mol. The molecule has 0 aliphatic rings. The first kappa shape index (κ1) is 23.7. The molecule has 0 spiro atoms. The maximum atomic E-state index is 13.1. The molecular formula is C24H28F3N3O2. The largest absolute Gasteiger partial charge is 0.496 e. The first-order valence-electron chi connectivity index (χ1n) is 10.4. The average molecular weight is 448 g/mol. The zero-order chi connectivity index (χ0) is 23.5. The highest BCUT2D eigenvalue weighted by molar-refractivity contribution is 6.06. The summed E-state index contributed by atoms with van der Waals surface area (Å²) in [6.45, 7) is 4.58. The summed E-state index contributed by atoms with van der Waals surface area (Å²) < 4.78 is 50.2. The normalized spacial score (nSPS) is 12.6. The van der Waals surface area contributed by atoms with Gasteiger partial charge in [-0.3, -0.25) is 0 Å². The van der Waals surface area contributed by atoms with Gasteiger partial charge in [-0.15, -0.1) is 0 Å². The molecule has 0 aliphatic carbocycles. The molecule has 2 aromatic carbocycles. The number of halogens is 3. The van der Waals surface area contributed by atoms with Crippen LogP contribution in [0.15, 0.2) is 36.4 Å². The Morgan fingerprint density at radius 2 is 1.78 bits per heavy atom. The van der Waals surface area contributed by atoms with E-state index in [1.165, 1.54) is 12.1 Å². The van der Waals surface area contributed by atoms with E-state index in [9.17, 15) is 13.2 Å². The lowest BCUT2D eigenvalue weighted by molar-refractivity contribution is -0.137. The summed E-state index contributed by atoms with van der Waals surface area (Å²) in [5.74, 6) is 0.997. The number of ether oxygens (including phenoxy) is 2. The first-order valence-corrected chi connectivity index (χ1v) is 10.4. The highest BCUT2D eigenvalue weighted by Crippen LogP contribution is 2.43. The molecule has 0 amide bonds. The molecule has 5 nitrogen and oxygen atoms in total. The standard InChI is InChI=1S/C24H28F3N3O2/c1-14-12-20(32-4)30-23-18(29-15(2)6-5-11-28)13-19(31-3)22(21(14)23)16-7-9-17(10-8-16)24(25,26)27/h7-10,12-13,15,29H,5-6,11,28H2,1-4H3. The van der Waals surface area contributed by atoms with Gasteiger partial charge in [0.2, 0.25) is 5.88 Å². The molecular weight excluding hydrogens is 419 g/mol. The van der Waals surface area contributed by atoms with Gasteiger partial charge in [0.1, 0.15) is 5.75 Å². The van der Waals surface area contributed by atoms with Crippen LogP contribution in [0.5, 0.6) is 11.6 Å². The molecule has 3 rings (SSSR count). The molecule has 0 saturated carbocycles. The van der Waals surface area contributed by atoms with Gasteiger partial charge in [-0.1, -0.05) is 12.1 Å². The topological polar surface area (TPSA) is 69.4 Å². The van der Waals surface area contributed by atoms with Crippen LogP contribution in [0.25, 0.3) is 22.0 Å². The minimum Gasteiger partial charge on any atom is -0.496 e. The number of hydrogen-bond donors (Lipinski definition) is 2. The molecule has 1 aromatic heterocycles. The van der Waals surface area contributed by atoms with E-state index >= 15 is 0 Å². The number of nitrogens with zero attached hydrogens (tertiary/aromatic N) is 1. The van der Waals surface area contributed by atoms with E-state index in [2.05, 4.69) is 17.2 Å². The Kier molecular flexibility index (Phi) is 7.13. The number of methoxy groups -OCH3 is 2. The van der Waals surface area contributed by atoms with Gasteiger partial charge < -0.3 is 20.5 Å². The number of anilines is 1. The molecule has 0 bridgehead atoms. The fourth-order valence-corrected chi connectivity index (χ4v) is 3.80. The summed E-state index contributed by atoms with van der Waals surface area (Å²) in [6, 6.07) is 8.84. The van der Waals surface area contributed by atoms with Gasteiger partial charge in [0.25, 0.3) is 0 Å². The Morgan fingerprint density at radius 3 is 2.34 bits per heavy atom. The van der Waals surface area contributed by atoms with Crippen molar-refractivity contribution in [1.82, 2.24) is 4.98 Å². The van der Waals surface area contributed by atoms with Gasteiger partial charge in [-0.05, 0) is 56.5 Å². The van der Waals surface area contributed by atoms with Crippen molar-refractivity contribution in [3.05, 3.63) is 47.5 Å². The molecule has 0 radical (unpaired) electrons. The third-order valence-electron chi connectivity index (χ3n) is 5.39. The van der Waals surface area contributed by atoms with Gasteiger partial charge in [0.15, 0.2) is 0 Å². The fraction of sp³-hybridized carbons (Fsp3) is 0.375. The lowest BCUT2D eigenvalue weighted by Gasteiger charge is -2.21. The van der Waals surface area contributed by atoms with Gasteiger partial charge in [-0.25, -0.2) is 4.98 Å². The minimum absolute atomic E-state index is 0.136. The fourth-order valence-electron chi connectivity index (χ4n) is 3.80. The van der Waals surface area contributed by atoms with Crippen LogP contribution in [0.1, 0.15) is 30.9 Å². The number of benzene rings is 2. The van der Waals surface area contributed by atoms with Crippen molar-refractivity contribution in [1.29, 1.82) is 0 Å². The summed E-state index contributed by atoms with van der Waals surface area (Å²) >= 11 is 0. The lowest BCUT2D eigenvalue weighted by Crippen LogP contribution is -2.17. The molecule has 1 atom stereocenters. The summed E-state index contributed by atoms with van der Waals surface area (Å²) in [4.78, 5) is 4.66. The highest BCUT2D eigenvalue weighted by atomic mass is 19.4. The van der Waals surface area contributed by atoms with Crippen molar-refractivity contribution in [3.63, 3.8) is 0 Å². The van der Waals surface area contributed by atoms with Gasteiger partial charge >= 0.3 is 6.18 Å². The van der Waals surface area contributed by atoms with Crippen LogP contribution in [0.3, 0.4) is 0 Å². The van der Waals surface area contributed by atoms with Crippen LogP contribution in [0, 0.1) is 6.92 Å². The minimum atomic E-state index is -4.40. The van der Waals surface area contributed by atoms with Gasteiger partial charge in [0, 0.05) is 29.1 Å². The van der Waals surface area contributed by atoms with Gasteiger partial charge in [-0.2, -0.15) is 13.2 Å². The van der Waals surface area contributed by atoms with Crippen molar-refractivity contribution in [3.8, 4) is 22.8 Å². The molecule has 8 heteroatoms. The van der Waals surface area contributed by atoms with Crippen LogP contribution >= 0.6 is 0 Å². The highest BCUT2D eigenvalue weighted by Gasteiger charge is 2.30. The maximum Gasteiger partial charge on any atom is 0.416 e. The Hall–Kier alpha value is -3.00. The van der Waals surface area contributed by atoms with E-state index in [1.54, 1.807) is 20.3 Å². The number of nitrogens with one attached hydrogen (secondary N) is 1. The van der Waals surface area contributed by atoms with E-state index in [-0.39, 0.29) is 6.04 Å². The second-order valence-electron chi connectivity index (χ2n) is 7.76. The Balaban J connectivity index is 2.24. The predicted molar refractivity (Wildman–Crippen MR) is 121 cm³/mol. The molecule has 3 aromatic rings. The van der Waals surface area contributed by atoms with Crippen molar-refractivity contribution in [2.75, 3.05) is 26.1 Å². The van der Waals surface area contributed by atoms with E-state index in [4.69, 9.17) is 15.2 Å². The summed E-state index contributed by atoms with van der Waals surface area (Å²) in [5, 5.41) is 4.27. The molecule has 1 unspecified atom stereocenters. The number of rotatable bonds is 8. The summed E-state index contributed by atoms with van der Waals surface area (Å²) in [7, 11) is 3.09. The van der Waals surface area contributed by atoms with Crippen molar-refractivity contribution < 1.29 is 22.6 Å². The zero-order valence-corrected chi connectivity index (χ0v) is 18.6. The third kappa shape index (κ3) is 4.91. The Labute approximate surface area is 185 Å². The van der Waals surface area contributed by atoms with Crippen molar-refractivity contribution in [2.45, 2.75) is 38.9 Å². The number of aromatic nitrogens is 1. The zero-order valence-electron chi connectivity index (χ0n) is 18.6. The maximum absolute atomic E-state index is 13.1. The number of fused-ring (bicyclic) bond motifs is 1. The van der Waals surface area contributed by atoms with Crippen LogP contribution < -0.4 is 20.5 Å². The molecule has 3 N–H and O–H groups in total. The Morgan fingerprint density at radius 1 is 1.09 bits per heavy atom. The van der Waals surface area contributed by atoms with E-state index in [0.717, 1.165) is 41.6 Å².